The third-order valence-electron chi connectivity index (χ3n) is 5.29. The molecule has 30 heavy (non-hydrogen) atoms. The number of halogens is 1. The fourth-order valence-electron chi connectivity index (χ4n) is 3.82. The molecule has 0 aliphatic carbocycles. The maximum atomic E-state index is 13.5. The first-order valence-electron chi connectivity index (χ1n) is 9.54. The number of rotatable bonds is 3. The highest BCUT2D eigenvalue weighted by Crippen LogP contribution is 2.24. The second-order valence-electron chi connectivity index (χ2n) is 7.37. The molecule has 2 aromatic heterocycles. The standard InChI is InChI=1S/C20H22FN5O3S/c1-13-11-17(18-14(2)23-24(3)19(18)22-13)20(27)25-7-9-26(10-8-25)30(28,29)16-6-4-5-15(21)12-16/h4-6,11-12H,7-10H2,1-3H3. The third-order valence-corrected chi connectivity index (χ3v) is 7.18. The number of nitrogens with zero attached hydrogens (tertiary/aromatic N) is 5. The van der Waals surface area contributed by atoms with Crippen LogP contribution in [0.25, 0.3) is 11.0 Å². The molecule has 0 saturated carbocycles. The maximum absolute atomic E-state index is 13.5. The zero-order chi connectivity index (χ0) is 21.6. The second kappa shape index (κ2) is 7.44. The van der Waals surface area contributed by atoms with Crippen LogP contribution in [0.1, 0.15) is 21.7 Å². The number of sulfonamides is 1. The van der Waals surface area contributed by atoms with Crippen molar-refractivity contribution in [3.05, 3.63) is 53.1 Å². The van der Waals surface area contributed by atoms with Crippen LogP contribution in [0.4, 0.5) is 4.39 Å². The van der Waals surface area contributed by atoms with Gasteiger partial charge in [-0.3, -0.25) is 9.48 Å². The number of carbonyl (C=O) groups excluding carboxylic acids is 1. The van der Waals surface area contributed by atoms with Crippen LogP contribution in [-0.2, 0) is 17.1 Å². The van der Waals surface area contributed by atoms with E-state index in [1.807, 2.05) is 13.8 Å². The molecule has 1 amide bonds. The summed E-state index contributed by atoms with van der Waals surface area (Å²) >= 11 is 0. The average molecular weight is 431 g/mol. The van der Waals surface area contributed by atoms with Gasteiger partial charge in [0.2, 0.25) is 10.0 Å². The summed E-state index contributed by atoms with van der Waals surface area (Å²) < 4.78 is 42.0. The minimum Gasteiger partial charge on any atom is -0.336 e. The van der Waals surface area contributed by atoms with Gasteiger partial charge in [0.05, 0.1) is 21.5 Å². The molecule has 0 radical (unpaired) electrons. The number of benzene rings is 1. The van der Waals surface area contributed by atoms with Gasteiger partial charge in [-0.2, -0.15) is 9.40 Å². The summed E-state index contributed by atoms with van der Waals surface area (Å²) in [5, 5.41) is 5.08. The van der Waals surface area contributed by atoms with Gasteiger partial charge in [0.15, 0.2) is 5.65 Å². The molecule has 0 atom stereocenters. The van der Waals surface area contributed by atoms with Gasteiger partial charge >= 0.3 is 0 Å². The first-order chi connectivity index (χ1) is 14.2. The van der Waals surface area contributed by atoms with Crippen LogP contribution < -0.4 is 0 Å². The van der Waals surface area contributed by atoms with Gasteiger partial charge in [-0.15, -0.1) is 0 Å². The average Bonchev–Trinajstić information content (AvgIpc) is 3.00. The first-order valence-corrected chi connectivity index (χ1v) is 11.0. The Morgan fingerprint density at radius 3 is 2.47 bits per heavy atom. The molecule has 0 spiro atoms. The molecule has 158 valence electrons. The Morgan fingerprint density at radius 1 is 1.10 bits per heavy atom. The van der Waals surface area contributed by atoms with Gasteiger partial charge in [0, 0.05) is 38.9 Å². The van der Waals surface area contributed by atoms with Crippen molar-refractivity contribution in [2.24, 2.45) is 7.05 Å². The molecule has 10 heteroatoms. The van der Waals surface area contributed by atoms with Crippen LogP contribution >= 0.6 is 0 Å². The highest BCUT2D eigenvalue weighted by Gasteiger charge is 2.31. The summed E-state index contributed by atoms with van der Waals surface area (Å²) in [5.41, 5.74) is 2.59. The number of aromatic nitrogens is 3. The fraction of sp³-hybridized carbons (Fsp3) is 0.350. The van der Waals surface area contributed by atoms with Crippen molar-refractivity contribution in [3.8, 4) is 0 Å². The molecule has 8 nitrogen and oxygen atoms in total. The molecular weight excluding hydrogens is 409 g/mol. The van der Waals surface area contributed by atoms with Gasteiger partial charge in [0.25, 0.3) is 5.91 Å². The molecule has 3 heterocycles. The van der Waals surface area contributed by atoms with Crippen LogP contribution in [0.3, 0.4) is 0 Å². The van der Waals surface area contributed by atoms with Crippen LogP contribution in [-0.4, -0.2) is 64.5 Å². The van der Waals surface area contributed by atoms with E-state index in [9.17, 15) is 17.6 Å². The SMILES string of the molecule is Cc1cc(C(=O)N2CCN(S(=O)(=O)c3cccc(F)c3)CC2)c2c(C)nn(C)c2n1. The topological polar surface area (TPSA) is 88.4 Å². The van der Waals surface area contributed by atoms with E-state index >= 15 is 0 Å². The van der Waals surface area contributed by atoms with E-state index in [2.05, 4.69) is 10.1 Å². The summed E-state index contributed by atoms with van der Waals surface area (Å²) in [6, 6.07) is 6.70. The van der Waals surface area contributed by atoms with Gasteiger partial charge in [-0.1, -0.05) is 6.07 Å². The number of pyridine rings is 1. The Kier molecular flexibility index (Phi) is 5.07. The van der Waals surface area contributed by atoms with E-state index in [4.69, 9.17) is 0 Å². The summed E-state index contributed by atoms with van der Waals surface area (Å²) in [6.45, 7) is 4.43. The van der Waals surface area contributed by atoms with Crippen molar-refractivity contribution < 1.29 is 17.6 Å². The number of amides is 1. The monoisotopic (exact) mass is 431 g/mol. The van der Waals surface area contributed by atoms with Crippen LogP contribution in [0.2, 0.25) is 0 Å². The van der Waals surface area contributed by atoms with Crippen molar-refractivity contribution in [2.45, 2.75) is 18.7 Å². The van der Waals surface area contributed by atoms with E-state index in [-0.39, 0.29) is 37.0 Å². The number of aryl methyl sites for hydroxylation is 3. The first kappa shape index (κ1) is 20.4. The summed E-state index contributed by atoms with van der Waals surface area (Å²) in [6.07, 6.45) is 0. The molecule has 0 N–H and O–H groups in total. The lowest BCUT2D eigenvalue weighted by molar-refractivity contribution is 0.0699. The van der Waals surface area contributed by atoms with Crippen molar-refractivity contribution in [1.29, 1.82) is 0 Å². The summed E-state index contributed by atoms with van der Waals surface area (Å²) in [5.74, 6) is -0.779. The predicted molar refractivity (Wildman–Crippen MR) is 109 cm³/mol. The molecule has 1 saturated heterocycles. The van der Waals surface area contributed by atoms with Crippen LogP contribution in [0.15, 0.2) is 35.2 Å². The minimum atomic E-state index is -3.81. The Morgan fingerprint density at radius 2 is 1.80 bits per heavy atom. The Hall–Kier alpha value is -2.85. The minimum absolute atomic E-state index is 0.0836. The highest BCUT2D eigenvalue weighted by atomic mass is 32.2. The van der Waals surface area contributed by atoms with Crippen molar-refractivity contribution in [1.82, 2.24) is 24.0 Å². The van der Waals surface area contributed by atoms with Gasteiger partial charge in [-0.25, -0.2) is 17.8 Å². The molecule has 1 aliphatic heterocycles. The van der Waals surface area contributed by atoms with E-state index < -0.39 is 15.8 Å². The maximum Gasteiger partial charge on any atom is 0.254 e. The predicted octanol–water partition coefficient (Wildman–Crippen LogP) is 1.87. The number of hydrogen-bond acceptors (Lipinski definition) is 5. The van der Waals surface area contributed by atoms with E-state index in [0.29, 0.717) is 22.3 Å². The molecule has 1 aromatic carbocycles. The number of piperazine rings is 1. The quantitative estimate of drug-likeness (QED) is 0.632. The Labute approximate surface area is 174 Å². The molecule has 0 unspecified atom stereocenters. The lowest BCUT2D eigenvalue weighted by Crippen LogP contribution is -2.50. The number of carbonyl (C=O) groups is 1. The Balaban J connectivity index is 1.57. The number of fused-ring (bicyclic) bond motifs is 1. The molecular formula is C20H22FN5O3S. The zero-order valence-electron chi connectivity index (χ0n) is 17.0. The van der Waals surface area contributed by atoms with Crippen molar-refractivity contribution >= 4 is 27.0 Å². The van der Waals surface area contributed by atoms with Crippen LogP contribution in [0.5, 0.6) is 0 Å². The van der Waals surface area contributed by atoms with Gasteiger partial charge in [0.1, 0.15) is 5.82 Å². The van der Waals surface area contributed by atoms with E-state index in [0.717, 1.165) is 11.8 Å². The molecule has 3 aromatic rings. The lowest BCUT2D eigenvalue weighted by Gasteiger charge is -2.34. The third kappa shape index (κ3) is 3.46. The highest BCUT2D eigenvalue weighted by molar-refractivity contribution is 7.89. The number of hydrogen-bond donors (Lipinski definition) is 0. The zero-order valence-corrected chi connectivity index (χ0v) is 17.8. The second-order valence-corrected chi connectivity index (χ2v) is 9.31. The smallest absolute Gasteiger partial charge is 0.254 e. The van der Waals surface area contributed by atoms with Crippen molar-refractivity contribution in [3.63, 3.8) is 0 Å². The Bertz CT molecular complexity index is 1250. The van der Waals surface area contributed by atoms with Crippen LogP contribution in [0, 0.1) is 19.7 Å². The molecule has 0 bridgehead atoms. The van der Waals surface area contributed by atoms with Gasteiger partial charge < -0.3 is 4.90 Å². The van der Waals surface area contributed by atoms with Crippen molar-refractivity contribution in [2.75, 3.05) is 26.2 Å². The lowest BCUT2D eigenvalue weighted by atomic mass is 10.1. The molecule has 1 aliphatic rings. The summed E-state index contributed by atoms with van der Waals surface area (Å²) in [4.78, 5) is 19.3. The van der Waals surface area contributed by atoms with Gasteiger partial charge in [-0.05, 0) is 38.1 Å². The summed E-state index contributed by atoms with van der Waals surface area (Å²) in [7, 11) is -2.03. The molecule has 4 rings (SSSR count). The normalized spacial score (nSPS) is 15.7. The fourth-order valence-corrected chi connectivity index (χ4v) is 5.27. The molecule has 1 fully saturated rings. The largest absolute Gasteiger partial charge is 0.336 e. The van der Waals surface area contributed by atoms with E-state index in [1.54, 1.807) is 22.7 Å². The van der Waals surface area contributed by atoms with E-state index in [1.165, 1.54) is 22.5 Å².